The van der Waals surface area contributed by atoms with Crippen molar-refractivity contribution in [2.75, 3.05) is 5.06 Å². The molecule has 0 aliphatic heterocycles. The van der Waals surface area contributed by atoms with Gasteiger partial charge in [-0.25, -0.2) is 5.06 Å². The smallest absolute Gasteiger partial charge is 0.157 e. The minimum absolute atomic E-state index is 0.167. The molecule has 0 spiro atoms. The van der Waals surface area contributed by atoms with Crippen LogP contribution in [0, 0.1) is 6.92 Å². The molecule has 18 heavy (non-hydrogen) atoms. The highest BCUT2D eigenvalue weighted by Gasteiger charge is 2.26. The Hall–Kier alpha value is -1.35. The van der Waals surface area contributed by atoms with Gasteiger partial charge in [0.2, 0.25) is 0 Å². The Kier molecular flexibility index (Phi) is 4.37. The van der Waals surface area contributed by atoms with Crippen molar-refractivity contribution in [2.45, 2.75) is 51.5 Å². The average molecular weight is 247 g/mol. The fourth-order valence-electron chi connectivity index (χ4n) is 2.57. The monoisotopic (exact) mass is 247 g/mol. The zero-order valence-electron chi connectivity index (χ0n) is 10.9. The molecule has 0 heterocycles. The van der Waals surface area contributed by atoms with Gasteiger partial charge in [-0.1, -0.05) is 37.5 Å². The quantitative estimate of drug-likeness (QED) is 0.813. The normalized spacial score (nSPS) is 21.2. The SMILES string of the molecule is Cc1ccccc1N(O)C1CCCCCCC1=O. The lowest BCUT2D eigenvalue weighted by atomic mass is 9.95. The van der Waals surface area contributed by atoms with Crippen LogP contribution in [0.1, 0.15) is 44.1 Å². The van der Waals surface area contributed by atoms with Crippen molar-refractivity contribution in [3.63, 3.8) is 0 Å². The fourth-order valence-corrected chi connectivity index (χ4v) is 2.57. The van der Waals surface area contributed by atoms with Crippen molar-refractivity contribution in [1.29, 1.82) is 0 Å². The van der Waals surface area contributed by atoms with E-state index in [2.05, 4.69) is 0 Å². The number of nitrogens with zero attached hydrogens (tertiary/aromatic N) is 1. The van der Waals surface area contributed by atoms with E-state index in [0.717, 1.165) is 43.4 Å². The zero-order valence-corrected chi connectivity index (χ0v) is 10.9. The standard InChI is InChI=1S/C15H21NO2/c1-12-8-6-7-9-13(12)16(18)14-10-4-2-3-5-11-15(14)17/h6-9,14,18H,2-5,10-11H2,1H3. The summed E-state index contributed by atoms with van der Waals surface area (Å²) in [4.78, 5) is 12.1. The second kappa shape index (κ2) is 6.01. The van der Waals surface area contributed by atoms with E-state index < -0.39 is 0 Å². The molecule has 0 bridgehead atoms. The number of hydrogen-bond acceptors (Lipinski definition) is 3. The molecule has 1 aromatic carbocycles. The van der Waals surface area contributed by atoms with Gasteiger partial charge in [-0.2, -0.15) is 0 Å². The van der Waals surface area contributed by atoms with E-state index in [1.54, 1.807) is 0 Å². The van der Waals surface area contributed by atoms with Gasteiger partial charge in [-0.3, -0.25) is 10.0 Å². The summed E-state index contributed by atoms with van der Waals surface area (Å²) in [6.07, 6.45) is 5.60. The minimum Gasteiger partial charge on any atom is -0.297 e. The zero-order chi connectivity index (χ0) is 13.0. The van der Waals surface area contributed by atoms with Crippen molar-refractivity contribution in [3.8, 4) is 0 Å². The van der Waals surface area contributed by atoms with Crippen LogP contribution < -0.4 is 5.06 Å². The minimum atomic E-state index is -0.369. The summed E-state index contributed by atoms with van der Waals surface area (Å²) in [6.45, 7) is 1.95. The third-order valence-electron chi connectivity index (χ3n) is 3.68. The number of ketones is 1. The molecule has 3 nitrogen and oxygen atoms in total. The number of carbonyl (C=O) groups is 1. The first-order valence-electron chi connectivity index (χ1n) is 6.76. The molecule has 3 heteroatoms. The summed E-state index contributed by atoms with van der Waals surface area (Å²) in [5, 5.41) is 11.5. The molecule has 1 saturated carbocycles. The van der Waals surface area contributed by atoms with E-state index in [0.29, 0.717) is 6.42 Å². The number of para-hydroxylation sites is 1. The Balaban J connectivity index is 2.17. The molecule has 98 valence electrons. The van der Waals surface area contributed by atoms with Crippen LogP contribution in [0.5, 0.6) is 0 Å². The van der Waals surface area contributed by atoms with Gasteiger partial charge in [-0.05, 0) is 31.4 Å². The van der Waals surface area contributed by atoms with Crippen LogP contribution in [-0.4, -0.2) is 17.0 Å². The van der Waals surface area contributed by atoms with Gasteiger partial charge in [0.1, 0.15) is 6.04 Å². The number of aryl methyl sites for hydroxylation is 1. The number of Topliss-reactive ketones (excluding diaryl/α,β-unsaturated/α-hetero) is 1. The number of hydrogen-bond donors (Lipinski definition) is 1. The third-order valence-corrected chi connectivity index (χ3v) is 3.68. The van der Waals surface area contributed by atoms with Gasteiger partial charge < -0.3 is 0 Å². The lowest BCUT2D eigenvalue weighted by Crippen LogP contribution is -2.40. The second-order valence-corrected chi connectivity index (χ2v) is 5.07. The van der Waals surface area contributed by atoms with E-state index in [4.69, 9.17) is 0 Å². The summed E-state index contributed by atoms with van der Waals surface area (Å²) in [5.41, 5.74) is 1.74. The first kappa shape index (κ1) is 13.1. The number of hydroxylamine groups is 1. The Bertz CT molecular complexity index is 417. The molecule has 0 radical (unpaired) electrons. The van der Waals surface area contributed by atoms with Crippen LogP contribution in [0.25, 0.3) is 0 Å². The number of carbonyl (C=O) groups excluding carboxylic acids is 1. The fraction of sp³-hybridized carbons (Fsp3) is 0.533. The van der Waals surface area contributed by atoms with Gasteiger partial charge in [-0.15, -0.1) is 0 Å². The maximum atomic E-state index is 12.1. The summed E-state index contributed by atoms with van der Waals surface area (Å²) >= 11 is 0. The predicted octanol–water partition coefficient (Wildman–Crippen LogP) is 3.48. The molecule has 0 saturated heterocycles. The highest BCUT2D eigenvalue weighted by Crippen LogP contribution is 2.25. The first-order valence-corrected chi connectivity index (χ1v) is 6.76. The predicted molar refractivity (Wildman–Crippen MR) is 71.9 cm³/mol. The highest BCUT2D eigenvalue weighted by molar-refractivity contribution is 5.87. The van der Waals surface area contributed by atoms with Crippen molar-refractivity contribution >= 4 is 11.5 Å². The molecule has 1 aliphatic rings. The summed E-state index contributed by atoms with van der Waals surface area (Å²) in [6, 6.07) is 7.27. The van der Waals surface area contributed by atoms with E-state index in [-0.39, 0.29) is 11.8 Å². The summed E-state index contributed by atoms with van der Waals surface area (Å²) in [7, 11) is 0. The first-order chi connectivity index (χ1) is 8.70. The lowest BCUT2D eigenvalue weighted by molar-refractivity contribution is -0.122. The maximum absolute atomic E-state index is 12.1. The van der Waals surface area contributed by atoms with E-state index in [1.807, 2.05) is 31.2 Å². The van der Waals surface area contributed by atoms with Crippen LogP contribution in [0.2, 0.25) is 0 Å². The number of benzene rings is 1. The van der Waals surface area contributed by atoms with Crippen LogP contribution >= 0.6 is 0 Å². The van der Waals surface area contributed by atoms with Gasteiger partial charge in [0.25, 0.3) is 0 Å². The molecule has 1 atom stereocenters. The molecule has 1 N–H and O–H groups in total. The van der Waals surface area contributed by atoms with Crippen LogP contribution in [0.15, 0.2) is 24.3 Å². The molecular weight excluding hydrogens is 226 g/mol. The Morgan fingerprint density at radius 3 is 2.67 bits per heavy atom. The molecule has 1 aromatic rings. The molecule has 1 fully saturated rings. The van der Waals surface area contributed by atoms with Crippen molar-refractivity contribution in [1.82, 2.24) is 0 Å². The second-order valence-electron chi connectivity index (χ2n) is 5.07. The van der Waals surface area contributed by atoms with Gasteiger partial charge >= 0.3 is 0 Å². The highest BCUT2D eigenvalue weighted by atomic mass is 16.5. The summed E-state index contributed by atoms with van der Waals surface area (Å²) in [5.74, 6) is 0.167. The average Bonchev–Trinajstić information content (AvgIpc) is 2.34. The molecule has 1 aliphatic carbocycles. The molecule has 0 amide bonds. The maximum Gasteiger partial charge on any atom is 0.157 e. The van der Waals surface area contributed by atoms with Gasteiger partial charge in [0.15, 0.2) is 5.78 Å². The molecule has 2 rings (SSSR count). The number of anilines is 1. The summed E-state index contributed by atoms with van der Waals surface area (Å²) < 4.78 is 0. The Morgan fingerprint density at radius 2 is 1.89 bits per heavy atom. The third kappa shape index (κ3) is 2.91. The lowest BCUT2D eigenvalue weighted by Gasteiger charge is -2.29. The van der Waals surface area contributed by atoms with Crippen LogP contribution in [-0.2, 0) is 4.79 Å². The topological polar surface area (TPSA) is 40.5 Å². The number of rotatable bonds is 2. The van der Waals surface area contributed by atoms with E-state index in [1.165, 1.54) is 5.06 Å². The van der Waals surface area contributed by atoms with E-state index >= 15 is 0 Å². The molecular formula is C15H21NO2. The largest absolute Gasteiger partial charge is 0.297 e. The van der Waals surface area contributed by atoms with Crippen LogP contribution in [0.4, 0.5) is 5.69 Å². The van der Waals surface area contributed by atoms with Crippen molar-refractivity contribution in [2.24, 2.45) is 0 Å². The Morgan fingerprint density at radius 1 is 1.17 bits per heavy atom. The molecule has 1 unspecified atom stereocenters. The van der Waals surface area contributed by atoms with Gasteiger partial charge in [0.05, 0.1) is 5.69 Å². The van der Waals surface area contributed by atoms with Gasteiger partial charge in [0, 0.05) is 6.42 Å². The van der Waals surface area contributed by atoms with Crippen molar-refractivity contribution in [3.05, 3.63) is 29.8 Å². The molecule has 0 aromatic heterocycles. The van der Waals surface area contributed by atoms with Crippen molar-refractivity contribution < 1.29 is 10.0 Å². The van der Waals surface area contributed by atoms with E-state index in [9.17, 15) is 10.0 Å². The van der Waals surface area contributed by atoms with Crippen LogP contribution in [0.3, 0.4) is 0 Å². The Labute approximate surface area is 108 Å².